The molecule has 10 heteroatoms. The number of rotatable bonds is 90. The maximum atomic E-state index is 13.5. The van der Waals surface area contributed by atoms with Gasteiger partial charge in [-0.2, -0.15) is 0 Å². The van der Waals surface area contributed by atoms with Crippen LogP contribution in [0.1, 0.15) is 485 Å². The Morgan fingerprint density at radius 1 is 0.155 bits per heavy atom. The first kappa shape index (κ1) is 101. The highest BCUT2D eigenvalue weighted by Crippen LogP contribution is 2.19. The van der Waals surface area contributed by atoms with Crippen LogP contribution >= 0.6 is 0 Å². The minimum Gasteiger partial charge on any atom is -0.356 e. The standard InChI is InChI=1S/C93H189N7O3/c1-7-13-19-25-31-37-43-49-55-64-79-97(80-65-56-50-44-38-32-26-20-14-8-2)85-70-61-76-94-91(101)73-88-100(89-74-92(102)95-77-62-71-86-98(81-66-57-51-45-39-33-27-21-15-9-3)82-67-58-52-46-40-34-28-22-16-10-4)90-75-93(103)96-78-63-72-87-99(83-68-59-53-47-41-35-29-23-17-11-5)84-69-60-54-48-42-36-30-24-18-12-6/h7-90H2,1-6H3,(H,94,101)(H,95,102)(H,96,103). The van der Waals surface area contributed by atoms with Crippen molar-refractivity contribution in [3.05, 3.63) is 0 Å². The second-order valence-corrected chi connectivity index (χ2v) is 32.9. The van der Waals surface area contributed by atoms with Gasteiger partial charge < -0.3 is 35.6 Å². The fourth-order valence-corrected chi connectivity index (χ4v) is 15.4. The van der Waals surface area contributed by atoms with Crippen LogP contribution in [0.3, 0.4) is 0 Å². The largest absolute Gasteiger partial charge is 0.356 e. The fourth-order valence-electron chi connectivity index (χ4n) is 15.4. The number of hydrogen-bond donors (Lipinski definition) is 3. The number of carbonyl (C=O) groups excluding carboxylic acids is 3. The van der Waals surface area contributed by atoms with Crippen LogP contribution in [0.4, 0.5) is 0 Å². The predicted octanol–water partition coefficient (Wildman–Crippen LogP) is 26.6. The lowest BCUT2D eigenvalue weighted by Crippen LogP contribution is -2.37. The molecule has 103 heavy (non-hydrogen) atoms. The van der Waals surface area contributed by atoms with Crippen molar-refractivity contribution in [2.75, 3.05) is 98.2 Å². The summed E-state index contributed by atoms with van der Waals surface area (Å²) < 4.78 is 0. The molecule has 0 aromatic heterocycles. The normalized spacial score (nSPS) is 11.8. The van der Waals surface area contributed by atoms with E-state index in [1.165, 1.54) is 425 Å². The van der Waals surface area contributed by atoms with Gasteiger partial charge in [-0.25, -0.2) is 0 Å². The smallest absolute Gasteiger partial charge is 0.221 e. The van der Waals surface area contributed by atoms with Crippen molar-refractivity contribution in [2.24, 2.45) is 0 Å². The molecule has 10 nitrogen and oxygen atoms in total. The lowest BCUT2D eigenvalue weighted by atomic mass is 10.1. The number of nitrogens with one attached hydrogen (secondary N) is 3. The highest BCUT2D eigenvalue weighted by atomic mass is 16.2. The Hall–Kier alpha value is -1.75. The van der Waals surface area contributed by atoms with E-state index in [-0.39, 0.29) is 17.7 Å². The summed E-state index contributed by atoms with van der Waals surface area (Å²) in [5.74, 6) is 0.242. The SMILES string of the molecule is CCCCCCCCCCCCN(CCCCCCCCCCCC)CCCCNC(=O)CCN(CCC(=O)NCCCCN(CCCCCCCCCCCC)CCCCCCCCCCCC)CCC(=O)NCCCCN(CCCCCCCCCCCC)CCCCCCCCCCCC. The first-order valence-corrected chi connectivity index (χ1v) is 47.5. The van der Waals surface area contributed by atoms with Gasteiger partial charge in [-0.05, 0) is 136 Å². The van der Waals surface area contributed by atoms with Gasteiger partial charge in [-0.15, -0.1) is 0 Å². The summed E-state index contributed by atoms with van der Waals surface area (Å²) >= 11 is 0. The van der Waals surface area contributed by atoms with Crippen LogP contribution in [0.2, 0.25) is 0 Å². The van der Waals surface area contributed by atoms with Crippen molar-refractivity contribution >= 4 is 17.7 Å². The van der Waals surface area contributed by atoms with Gasteiger partial charge in [0.05, 0.1) is 0 Å². The summed E-state index contributed by atoms with van der Waals surface area (Å²) in [6, 6.07) is 0. The maximum Gasteiger partial charge on any atom is 0.221 e. The first-order chi connectivity index (χ1) is 50.8. The van der Waals surface area contributed by atoms with Gasteiger partial charge in [0.2, 0.25) is 17.7 Å². The summed E-state index contributed by atoms with van der Waals surface area (Å²) in [7, 11) is 0. The summed E-state index contributed by atoms with van der Waals surface area (Å²) in [6.07, 6.45) is 90.1. The van der Waals surface area contributed by atoms with Crippen LogP contribution in [-0.4, -0.2) is 135 Å². The van der Waals surface area contributed by atoms with Crippen molar-refractivity contribution in [1.82, 2.24) is 35.6 Å². The average molecular weight is 1450 g/mol. The molecule has 614 valence electrons. The first-order valence-electron chi connectivity index (χ1n) is 47.5. The Balaban J connectivity index is 5.58. The van der Waals surface area contributed by atoms with E-state index >= 15 is 0 Å². The van der Waals surface area contributed by atoms with Gasteiger partial charge in [0.15, 0.2) is 0 Å². The van der Waals surface area contributed by atoms with Crippen LogP contribution < -0.4 is 16.0 Å². The van der Waals surface area contributed by atoms with Crippen molar-refractivity contribution in [2.45, 2.75) is 485 Å². The topological polar surface area (TPSA) is 100 Å². The lowest BCUT2D eigenvalue weighted by molar-refractivity contribution is -0.121. The van der Waals surface area contributed by atoms with Crippen LogP contribution in [0.15, 0.2) is 0 Å². The molecule has 0 spiro atoms. The highest BCUT2D eigenvalue weighted by molar-refractivity contribution is 5.77. The van der Waals surface area contributed by atoms with E-state index in [2.05, 4.69) is 77.1 Å². The molecule has 0 saturated heterocycles. The van der Waals surface area contributed by atoms with E-state index in [0.717, 1.165) is 58.2 Å². The highest BCUT2D eigenvalue weighted by Gasteiger charge is 2.15. The van der Waals surface area contributed by atoms with E-state index in [4.69, 9.17) is 0 Å². The van der Waals surface area contributed by atoms with Gasteiger partial charge >= 0.3 is 0 Å². The molecule has 0 atom stereocenters. The molecule has 0 aromatic rings. The summed E-state index contributed by atoms with van der Waals surface area (Å²) in [4.78, 5) is 51.0. The second-order valence-electron chi connectivity index (χ2n) is 32.9. The van der Waals surface area contributed by atoms with Crippen LogP contribution in [0.5, 0.6) is 0 Å². The fraction of sp³-hybridized carbons (Fsp3) is 0.968. The zero-order valence-corrected chi connectivity index (χ0v) is 71.4. The Labute approximate surface area is 646 Å². The number of hydrogen-bond acceptors (Lipinski definition) is 7. The molecule has 0 aliphatic heterocycles. The summed E-state index contributed by atoms with van der Waals surface area (Å²) in [6.45, 7) is 28.3. The lowest BCUT2D eigenvalue weighted by Gasteiger charge is -2.23. The van der Waals surface area contributed by atoms with Gasteiger partial charge in [0.1, 0.15) is 0 Å². The van der Waals surface area contributed by atoms with Gasteiger partial charge in [-0.1, -0.05) is 388 Å². The number of amides is 3. The second kappa shape index (κ2) is 87.5. The molecule has 0 aromatic carbocycles. The molecular weight excluding hydrogens is 1260 g/mol. The van der Waals surface area contributed by atoms with Crippen molar-refractivity contribution in [3.8, 4) is 0 Å². The molecule has 3 amide bonds. The monoisotopic (exact) mass is 1450 g/mol. The molecule has 0 radical (unpaired) electrons. The molecule has 0 aliphatic carbocycles. The van der Waals surface area contributed by atoms with E-state index in [1.54, 1.807) is 0 Å². The van der Waals surface area contributed by atoms with Crippen LogP contribution in [-0.2, 0) is 14.4 Å². The molecule has 0 fully saturated rings. The van der Waals surface area contributed by atoms with E-state index < -0.39 is 0 Å². The minimum atomic E-state index is 0.0808. The molecule has 0 unspecified atom stereocenters. The summed E-state index contributed by atoms with van der Waals surface area (Å²) in [5.41, 5.74) is 0. The molecule has 3 N–H and O–H groups in total. The minimum absolute atomic E-state index is 0.0808. The quantitative estimate of drug-likeness (QED) is 0.0522. The molecule has 0 aliphatic rings. The van der Waals surface area contributed by atoms with Crippen LogP contribution in [0.25, 0.3) is 0 Å². The Kier molecular flexibility index (Phi) is 86.0. The maximum absolute atomic E-state index is 13.5. The molecule has 0 saturated carbocycles. The number of nitrogens with zero attached hydrogens (tertiary/aromatic N) is 4. The predicted molar refractivity (Wildman–Crippen MR) is 457 cm³/mol. The third-order valence-electron chi connectivity index (χ3n) is 22.6. The third-order valence-corrected chi connectivity index (χ3v) is 22.6. The van der Waals surface area contributed by atoms with Crippen LogP contribution in [0, 0.1) is 0 Å². The Morgan fingerprint density at radius 3 is 0.417 bits per heavy atom. The van der Waals surface area contributed by atoms with Gasteiger partial charge in [0, 0.05) is 58.5 Å². The number of unbranched alkanes of at least 4 members (excludes halogenated alkanes) is 57. The molecule has 0 bridgehead atoms. The van der Waals surface area contributed by atoms with Gasteiger partial charge in [0.25, 0.3) is 0 Å². The van der Waals surface area contributed by atoms with E-state index in [0.29, 0.717) is 58.5 Å². The Bertz CT molecular complexity index is 1390. The summed E-state index contributed by atoms with van der Waals surface area (Å²) in [5, 5.41) is 9.83. The average Bonchev–Trinajstić information content (AvgIpc) is 3.00. The molecular formula is C93H189N7O3. The van der Waals surface area contributed by atoms with Crippen molar-refractivity contribution < 1.29 is 14.4 Å². The van der Waals surface area contributed by atoms with Gasteiger partial charge in [-0.3, -0.25) is 14.4 Å². The number of carbonyl (C=O) groups is 3. The Morgan fingerprint density at radius 2 is 0.272 bits per heavy atom. The third kappa shape index (κ3) is 81.1. The molecule has 0 heterocycles. The zero-order chi connectivity index (χ0) is 74.6. The van der Waals surface area contributed by atoms with Crippen molar-refractivity contribution in [1.29, 1.82) is 0 Å². The van der Waals surface area contributed by atoms with E-state index in [1.807, 2.05) is 0 Å². The van der Waals surface area contributed by atoms with E-state index in [9.17, 15) is 14.4 Å². The molecule has 0 rings (SSSR count). The van der Waals surface area contributed by atoms with Crippen molar-refractivity contribution in [3.63, 3.8) is 0 Å². The zero-order valence-electron chi connectivity index (χ0n) is 71.4.